The smallest absolute Gasteiger partial charge is 0.274 e. The Hall–Kier alpha value is -3.94. The van der Waals surface area contributed by atoms with Gasteiger partial charge in [-0.05, 0) is 60.2 Å². The molecule has 0 saturated heterocycles. The zero-order valence-electron chi connectivity index (χ0n) is 19.4. The Morgan fingerprint density at radius 1 is 0.971 bits per heavy atom. The Morgan fingerprint density at radius 3 is 2.57 bits per heavy atom. The van der Waals surface area contributed by atoms with Gasteiger partial charge in [0.05, 0.1) is 6.54 Å². The summed E-state index contributed by atoms with van der Waals surface area (Å²) in [5, 5.41) is 6.82. The first-order chi connectivity index (χ1) is 16.9. The summed E-state index contributed by atoms with van der Waals surface area (Å²) in [6, 6.07) is 21.7. The number of nitrogens with one attached hydrogen (secondary N) is 2. The van der Waals surface area contributed by atoms with Crippen molar-refractivity contribution < 1.29 is 14.0 Å². The molecular formula is C27H25ClN4O3. The van der Waals surface area contributed by atoms with E-state index in [4.69, 9.17) is 16.0 Å². The molecular weight excluding hydrogens is 464 g/mol. The quantitative estimate of drug-likeness (QED) is 0.354. The third kappa shape index (κ3) is 6.35. The number of benzene rings is 2. The molecule has 0 saturated carbocycles. The number of pyridine rings is 1. The Morgan fingerprint density at radius 2 is 1.83 bits per heavy atom. The van der Waals surface area contributed by atoms with Crippen molar-refractivity contribution in [3.8, 4) is 11.3 Å². The Labute approximate surface area is 208 Å². The predicted molar refractivity (Wildman–Crippen MR) is 136 cm³/mol. The maximum atomic E-state index is 12.6. The lowest BCUT2D eigenvalue weighted by molar-refractivity contribution is 0.0827. The molecule has 2 amide bonds. The molecule has 35 heavy (non-hydrogen) atoms. The summed E-state index contributed by atoms with van der Waals surface area (Å²) in [6.07, 6.45) is 1.56. The van der Waals surface area contributed by atoms with Crippen LogP contribution in [0.25, 0.3) is 11.3 Å². The third-order valence-corrected chi connectivity index (χ3v) is 5.44. The predicted octanol–water partition coefficient (Wildman–Crippen LogP) is 5.24. The van der Waals surface area contributed by atoms with Gasteiger partial charge < -0.3 is 20.0 Å². The number of nitrogens with zero attached hydrogens (tertiary/aromatic N) is 2. The molecule has 0 aliphatic carbocycles. The van der Waals surface area contributed by atoms with Crippen LogP contribution in [-0.4, -0.2) is 35.8 Å². The van der Waals surface area contributed by atoms with E-state index in [2.05, 4.69) is 15.6 Å². The third-order valence-electron chi connectivity index (χ3n) is 5.20. The highest BCUT2D eigenvalue weighted by atomic mass is 35.5. The van der Waals surface area contributed by atoms with Crippen molar-refractivity contribution in [2.75, 3.05) is 19.4 Å². The van der Waals surface area contributed by atoms with Crippen LogP contribution in [-0.2, 0) is 13.1 Å². The highest BCUT2D eigenvalue weighted by Crippen LogP contribution is 2.25. The number of hydrogen-bond donors (Lipinski definition) is 2. The van der Waals surface area contributed by atoms with Crippen molar-refractivity contribution in [3.63, 3.8) is 0 Å². The molecule has 2 aromatic heterocycles. The summed E-state index contributed by atoms with van der Waals surface area (Å²) < 4.78 is 5.94. The number of carbonyl (C=O) groups excluding carboxylic acids is 2. The molecule has 0 unspecified atom stereocenters. The van der Waals surface area contributed by atoms with Gasteiger partial charge in [-0.15, -0.1) is 0 Å². The summed E-state index contributed by atoms with van der Waals surface area (Å²) in [5.41, 5.74) is 3.05. The molecule has 2 heterocycles. The lowest BCUT2D eigenvalue weighted by Crippen LogP contribution is -2.23. The topological polar surface area (TPSA) is 87.5 Å². The molecule has 2 aromatic carbocycles. The minimum Gasteiger partial charge on any atom is -0.460 e. The number of carbonyl (C=O) groups is 2. The minimum absolute atomic E-state index is 0.155. The molecule has 0 bridgehead atoms. The molecule has 2 N–H and O–H groups in total. The fourth-order valence-corrected chi connectivity index (χ4v) is 3.73. The number of aromatic nitrogens is 1. The number of furan rings is 1. The average Bonchev–Trinajstić information content (AvgIpc) is 3.33. The fourth-order valence-electron chi connectivity index (χ4n) is 3.54. The first kappa shape index (κ1) is 24.2. The summed E-state index contributed by atoms with van der Waals surface area (Å²) >= 11 is 6.08. The Balaban J connectivity index is 1.46. The lowest BCUT2D eigenvalue weighted by Gasteiger charge is -2.14. The van der Waals surface area contributed by atoms with E-state index in [-0.39, 0.29) is 11.8 Å². The van der Waals surface area contributed by atoms with E-state index >= 15 is 0 Å². The molecule has 0 aliphatic heterocycles. The molecule has 4 rings (SSSR count). The number of halogens is 1. The van der Waals surface area contributed by atoms with Crippen LogP contribution in [0.1, 0.15) is 32.2 Å². The summed E-state index contributed by atoms with van der Waals surface area (Å²) in [5.74, 6) is 1.01. The van der Waals surface area contributed by atoms with E-state index < -0.39 is 0 Å². The SMILES string of the molecule is CN(C)C(=O)c1cc(CNCc2ccc(-c3cccc(Cl)c3)o2)cc(NC(=O)c2ccccn2)c1. The molecule has 0 atom stereocenters. The summed E-state index contributed by atoms with van der Waals surface area (Å²) in [4.78, 5) is 30.8. The van der Waals surface area contributed by atoms with Crippen LogP contribution >= 0.6 is 11.6 Å². The van der Waals surface area contributed by atoms with Gasteiger partial charge in [0.15, 0.2) is 0 Å². The molecule has 0 fully saturated rings. The number of amides is 2. The molecule has 0 spiro atoms. The number of rotatable bonds is 8. The molecule has 8 heteroatoms. The zero-order chi connectivity index (χ0) is 24.8. The van der Waals surface area contributed by atoms with Crippen LogP contribution in [0, 0.1) is 0 Å². The Kier molecular flexibility index (Phi) is 7.60. The monoisotopic (exact) mass is 488 g/mol. The van der Waals surface area contributed by atoms with Gasteiger partial charge >= 0.3 is 0 Å². The van der Waals surface area contributed by atoms with Crippen molar-refractivity contribution in [2.24, 2.45) is 0 Å². The number of anilines is 1. The standard InChI is InChI=1S/C27H25ClN4O3/c1-32(2)27(34)20-12-18(13-22(15-20)31-26(33)24-8-3-4-11-30-24)16-29-17-23-9-10-25(35-23)19-6-5-7-21(28)14-19/h3-15,29H,16-17H2,1-2H3,(H,31,33). The first-order valence-corrected chi connectivity index (χ1v) is 11.4. The van der Waals surface area contributed by atoms with Gasteiger partial charge in [0, 0.05) is 48.7 Å². The van der Waals surface area contributed by atoms with Crippen LogP contribution in [0.3, 0.4) is 0 Å². The van der Waals surface area contributed by atoms with Crippen LogP contribution in [0.15, 0.2) is 83.4 Å². The van der Waals surface area contributed by atoms with Gasteiger partial charge in [-0.1, -0.05) is 29.8 Å². The maximum absolute atomic E-state index is 12.6. The van der Waals surface area contributed by atoms with E-state index in [1.54, 1.807) is 44.6 Å². The normalized spacial score (nSPS) is 10.7. The van der Waals surface area contributed by atoms with Gasteiger partial charge in [-0.2, -0.15) is 0 Å². The van der Waals surface area contributed by atoms with Gasteiger partial charge in [0.1, 0.15) is 17.2 Å². The highest BCUT2D eigenvalue weighted by molar-refractivity contribution is 6.30. The second kappa shape index (κ2) is 11.0. The van der Waals surface area contributed by atoms with Gasteiger partial charge in [-0.3, -0.25) is 14.6 Å². The largest absolute Gasteiger partial charge is 0.460 e. The van der Waals surface area contributed by atoms with E-state index in [1.165, 1.54) is 4.90 Å². The summed E-state index contributed by atoms with van der Waals surface area (Å²) in [7, 11) is 3.38. The number of hydrogen-bond acceptors (Lipinski definition) is 5. The molecule has 7 nitrogen and oxygen atoms in total. The second-order valence-electron chi connectivity index (χ2n) is 8.17. The van der Waals surface area contributed by atoms with Gasteiger partial charge in [0.25, 0.3) is 11.8 Å². The van der Waals surface area contributed by atoms with Crippen molar-refractivity contribution in [1.29, 1.82) is 0 Å². The van der Waals surface area contributed by atoms with E-state index in [9.17, 15) is 9.59 Å². The molecule has 178 valence electrons. The first-order valence-electron chi connectivity index (χ1n) is 11.0. The highest BCUT2D eigenvalue weighted by Gasteiger charge is 2.14. The van der Waals surface area contributed by atoms with Crippen molar-refractivity contribution >= 4 is 29.1 Å². The molecule has 0 radical (unpaired) electrons. The van der Waals surface area contributed by atoms with Crippen LogP contribution in [0.5, 0.6) is 0 Å². The fraction of sp³-hybridized carbons (Fsp3) is 0.148. The second-order valence-corrected chi connectivity index (χ2v) is 8.60. The Bertz CT molecular complexity index is 1340. The van der Waals surface area contributed by atoms with Crippen LogP contribution in [0.2, 0.25) is 5.02 Å². The van der Waals surface area contributed by atoms with Crippen molar-refractivity contribution in [1.82, 2.24) is 15.2 Å². The van der Waals surface area contributed by atoms with Gasteiger partial charge in [0.2, 0.25) is 0 Å². The van der Waals surface area contributed by atoms with E-state index in [1.807, 2.05) is 48.5 Å². The van der Waals surface area contributed by atoms with Crippen LogP contribution in [0.4, 0.5) is 5.69 Å². The van der Waals surface area contributed by atoms with Crippen molar-refractivity contribution in [2.45, 2.75) is 13.1 Å². The van der Waals surface area contributed by atoms with Crippen LogP contribution < -0.4 is 10.6 Å². The van der Waals surface area contributed by atoms with E-state index in [0.29, 0.717) is 35.1 Å². The van der Waals surface area contributed by atoms with E-state index in [0.717, 1.165) is 22.6 Å². The van der Waals surface area contributed by atoms with Crippen molar-refractivity contribution in [3.05, 3.63) is 107 Å². The van der Waals surface area contributed by atoms with Gasteiger partial charge in [-0.25, -0.2) is 0 Å². The zero-order valence-corrected chi connectivity index (χ0v) is 20.2. The molecule has 0 aliphatic rings. The summed E-state index contributed by atoms with van der Waals surface area (Å²) in [6.45, 7) is 0.955. The average molecular weight is 489 g/mol. The lowest BCUT2D eigenvalue weighted by atomic mass is 10.1. The molecule has 4 aromatic rings. The minimum atomic E-state index is -0.344. The maximum Gasteiger partial charge on any atom is 0.274 e.